The number of aryl methyl sites for hydroxylation is 2. The van der Waals surface area contributed by atoms with Crippen molar-refractivity contribution >= 4 is 17.6 Å². The maximum absolute atomic E-state index is 14.0. The van der Waals surface area contributed by atoms with Gasteiger partial charge >= 0.3 is 30.2 Å². The molecular formula is C23H21F9N2O4. The van der Waals surface area contributed by atoms with Crippen LogP contribution >= 0.6 is 0 Å². The fraction of sp³-hybridized carbons (Fsp3) is 0.391. The smallest absolute Gasteiger partial charge is 0.439 e. The van der Waals surface area contributed by atoms with Crippen LogP contribution in [0.1, 0.15) is 34.0 Å². The Balaban J connectivity index is 2.63. The number of carbonyl (C=O) groups excluding carboxylic acids is 2. The zero-order valence-electron chi connectivity index (χ0n) is 19.8. The van der Waals surface area contributed by atoms with E-state index < -0.39 is 70.7 Å². The first kappa shape index (κ1) is 30.7. The second-order valence-corrected chi connectivity index (χ2v) is 8.15. The summed E-state index contributed by atoms with van der Waals surface area (Å²) < 4.78 is 129. The molecule has 0 fully saturated rings. The van der Waals surface area contributed by atoms with Gasteiger partial charge in [-0.2, -0.15) is 39.5 Å². The zero-order chi connectivity index (χ0) is 29.3. The van der Waals surface area contributed by atoms with Crippen LogP contribution in [0.4, 0.5) is 45.2 Å². The molecule has 0 heterocycles. The second-order valence-electron chi connectivity index (χ2n) is 8.15. The van der Waals surface area contributed by atoms with Crippen molar-refractivity contribution in [3.8, 4) is 0 Å². The maximum Gasteiger partial charge on any atom is 0.439 e. The van der Waals surface area contributed by atoms with E-state index in [-0.39, 0.29) is 0 Å². The molecule has 1 atom stereocenters. The Morgan fingerprint density at radius 3 is 1.79 bits per heavy atom. The highest BCUT2D eigenvalue weighted by Gasteiger charge is 2.73. The molecule has 0 aliphatic rings. The van der Waals surface area contributed by atoms with Gasteiger partial charge in [-0.1, -0.05) is 29.8 Å². The van der Waals surface area contributed by atoms with E-state index in [1.54, 1.807) is 6.92 Å². The fourth-order valence-electron chi connectivity index (χ4n) is 3.29. The molecular weight excluding hydrogens is 539 g/mol. The van der Waals surface area contributed by atoms with E-state index in [9.17, 15) is 54.2 Å². The van der Waals surface area contributed by atoms with Crippen molar-refractivity contribution in [2.45, 2.75) is 50.6 Å². The van der Waals surface area contributed by atoms with E-state index in [0.717, 1.165) is 36.6 Å². The Labute approximate surface area is 209 Å². The molecule has 0 saturated heterocycles. The topological polar surface area (TPSA) is 87.7 Å². The van der Waals surface area contributed by atoms with Crippen molar-refractivity contribution in [1.82, 2.24) is 5.32 Å². The number of rotatable bonds is 7. The molecule has 0 unspecified atom stereocenters. The molecule has 3 N–H and O–H groups in total. The largest absolute Gasteiger partial charge is 0.463 e. The second kappa shape index (κ2) is 10.3. The molecule has 6 nitrogen and oxygen atoms in total. The van der Waals surface area contributed by atoms with Gasteiger partial charge < -0.3 is 20.5 Å². The molecule has 0 aromatic heterocycles. The molecule has 15 heteroatoms. The molecule has 0 spiro atoms. The molecule has 2 aromatic carbocycles. The summed E-state index contributed by atoms with van der Waals surface area (Å²) in [4.78, 5) is 24.3. The average molecular weight is 560 g/mol. The van der Waals surface area contributed by atoms with Gasteiger partial charge in [-0.15, -0.1) is 0 Å². The summed E-state index contributed by atoms with van der Waals surface area (Å²) in [5.74, 6) is -3.91. The van der Waals surface area contributed by atoms with Crippen LogP contribution in [0.3, 0.4) is 0 Å². The number of ether oxygens (including phenoxy) is 1. The van der Waals surface area contributed by atoms with Gasteiger partial charge in [0.05, 0.1) is 6.61 Å². The van der Waals surface area contributed by atoms with Gasteiger partial charge in [-0.3, -0.25) is 4.79 Å². The molecule has 1 amide bonds. The van der Waals surface area contributed by atoms with Crippen molar-refractivity contribution in [1.29, 1.82) is 0 Å². The van der Waals surface area contributed by atoms with Crippen LogP contribution in [0, 0.1) is 13.8 Å². The number of amides is 1. The summed E-state index contributed by atoms with van der Waals surface area (Å²) in [7, 11) is 0. The molecule has 2 rings (SSSR count). The Hall–Kier alpha value is -3.49. The number of halogens is 9. The lowest BCUT2D eigenvalue weighted by Gasteiger charge is -2.39. The number of benzene rings is 2. The summed E-state index contributed by atoms with van der Waals surface area (Å²) >= 11 is 0. The highest BCUT2D eigenvalue weighted by Crippen LogP contribution is 2.45. The Bertz CT molecular complexity index is 1160. The Morgan fingerprint density at radius 1 is 0.842 bits per heavy atom. The average Bonchev–Trinajstić information content (AvgIpc) is 2.77. The standard InChI is InChI=1S/C23H21F9N2O4/c1-4-38-18(36)19(37,21(24,25)26)15-9-10-16(13(3)11-15)33-20(22(27,28)29,23(30,31)32)34-17(35)14-7-5-12(2)6-8-14/h5-11,33,37H,4H2,1-3H3,(H,34,35)/t19-/m1/s1. The quantitative estimate of drug-likeness (QED) is 0.244. The summed E-state index contributed by atoms with van der Waals surface area (Å²) in [6, 6.07) is 5.58. The van der Waals surface area contributed by atoms with Crippen LogP contribution in [0.25, 0.3) is 0 Å². The number of anilines is 1. The number of carbonyl (C=O) groups is 2. The maximum atomic E-state index is 14.0. The van der Waals surface area contributed by atoms with Crippen LogP contribution in [0.5, 0.6) is 0 Å². The molecule has 38 heavy (non-hydrogen) atoms. The van der Waals surface area contributed by atoms with Gasteiger partial charge in [0.15, 0.2) is 0 Å². The van der Waals surface area contributed by atoms with Gasteiger partial charge in [-0.25, -0.2) is 4.79 Å². The highest BCUT2D eigenvalue weighted by molar-refractivity contribution is 5.95. The summed E-state index contributed by atoms with van der Waals surface area (Å²) in [6.07, 6.45) is -18.1. The molecule has 2 aromatic rings. The number of hydrogen-bond donors (Lipinski definition) is 3. The third-order valence-corrected chi connectivity index (χ3v) is 5.41. The van der Waals surface area contributed by atoms with Crippen molar-refractivity contribution in [2.24, 2.45) is 0 Å². The molecule has 0 radical (unpaired) electrons. The predicted molar refractivity (Wildman–Crippen MR) is 115 cm³/mol. The zero-order valence-corrected chi connectivity index (χ0v) is 19.8. The van der Waals surface area contributed by atoms with Crippen LogP contribution in [-0.2, 0) is 15.1 Å². The third-order valence-electron chi connectivity index (χ3n) is 5.41. The van der Waals surface area contributed by atoms with Crippen molar-refractivity contribution < 1.29 is 58.9 Å². The number of alkyl halides is 9. The van der Waals surface area contributed by atoms with E-state index in [1.165, 1.54) is 12.1 Å². The number of hydrogen-bond acceptors (Lipinski definition) is 5. The first-order valence-corrected chi connectivity index (χ1v) is 10.6. The highest BCUT2D eigenvalue weighted by atomic mass is 19.4. The fourth-order valence-corrected chi connectivity index (χ4v) is 3.29. The molecule has 0 bridgehead atoms. The van der Waals surface area contributed by atoms with E-state index in [1.807, 2.05) is 0 Å². The first-order chi connectivity index (χ1) is 17.2. The van der Waals surface area contributed by atoms with Crippen molar-refractivity contribution in [2.75, 3.05) is 11.9 Å². The Kier molecular flexibility index (Phi) is 8.37. The molecule has 210 valence electrons. The molecule has 0 aliphatic heterocycles. The number of esters is 1. The number of aliphatic hydroxyl groups is 1. The Morgan fingerprint density at radius 2 is 1.37 bits per heavy atom. The molecule has 0 aliphatic carbocycles. The van der Waals surface area contributed by atoms with Gasteiger partial charge in [0, 0.05) is 16.8 Å². The summed E-state index contributed by atoms with van der Waals surface area (Å²) in [6.45, 7) is 2.96. The van der Waals surface area contributed by atoms with Gasteiger partial charge in [0.1, 0.15) is 0 Å². The van der Waals surface area contributed by atoms with E-state index >= 15 is 0 Å². The number of nitrogens with one attached hydrogen (secondary N) is 2. The van der Waals surface area contributed by atoms with Crippen LogP contribution in [0.15, 0.2) is 42.5 Å². The van der Waals surface area contributed by atoms with Crippen molar-refractivity contribution in [3.05, 3.63) is 64.7 Å². The monoisotopic (exact) mass is 560 g/mol. The summed E-state index contributed by atoms with van der Waals surface area (Å²) in [5, 5.41) is 12.2. The summed E-state index contributed by atoms with van der Waals surface area (Å²) in [5.41, 5.74) is -12.2. The van der Waals surface area contributed by atoms with E-state index in [0.29, 0.717) is 23.8 Å². The minimum atomic E-state index is -6.21. The van der Waals surface area contributed by atoms with Crippen molar-refractivity contribution in [3.63, 3.8) is 0 Å². The van der Waals surface area contributed by atoms with E-state index in [2.05, 4.69) is 4.74 Å². The van der Waals surface area contributed by atoms with Crippen LogP contribution < -0.4 is 10.6 Å². The lowest BCUT2D eigenvalue weighted by atomic mass is 9.91. The minimum absolute atomic E-state index is 0.305. The van der Waals surface area contributed by atoms with Gasteiger partial charge in [-0.05, 0) is 44.5 Å². The van der Waals surface area contributed by atoms with Crippen LogP contribution in [-0.4, -0.2) is 47.8 Å². The third kappa shape index (κ3) is 5.66. The van der Waals surface area contributed by atoms with Gasteiger partial charge in [0.25, 0.3) is 11.5 Å². The van der Waals surface area contributed by atoms with Crippen LogP contribution in [0.2, 0.25) is 0 Å². The normalized spacial score (nSPS) is 14.4. The first-order valence-electron chi connectivity index (χ1n) is 10.6. The predicted octanol–water partition coefficient (Wildman–Crippen LogP) is 5.28. The van der Waals surface area contributed by atoms with E-state index in [4.69, 9.17) is 0 Å². The lowest BCUT2D eigenvalue weighted by molar-refractivity contribution is -0.294. The molecule has 0 saturated carbocycles. The van der Waals surface area contributed by atoms with Gasteiger partial charge in [0.2, 0.25) is 0 Å². The SMILES string of the molecule is CCOC(=O)[C@](O)(c1ccc(NC(NC(=O)c2ccc(C)cc2)(C(F)(F)F)C(F)(F)F)c(C)c1)C(F)(F)F. The lowest BCUT2D eigenvalue weighted by Crippen LogP contribution is -2.72. The minimum Gasteiger partial charge on any atom is -0.463 e.